The van der Waals surface area contributed by atoms with Crippen molar-refractivity contribution in [3.8, 4) is 11.3 Å². The maximum absolute atomic E-state index is 11.2. The van der Waals surface area contributed by atoms with Crippen LogP contribution in [0.25, 0.3) is 22.2 Å². The minimum absolute atomic E-state index is 0.0797. The van der Waals surface area contributed by atoms with Gasteiger partial charge in [0.25, 0.3) is 0 Å². The lowest BCUT2D eigenvalue weighted by atomic mass is 10.1. The number of aromatic amines is 1. The Morgan fingerprint density at radius 3 is 2.78 bits per heavy atom. The molecule has 0 spiro atoms. The topological polar surface area (TPSA) is 45.8 Å². The number of benzene rings is 1. The number of aromatic nitrogens is 2. The van der Waals surface area contributed by atoms with E-state index in [0.717, 1.165) is 22.2 Å². The van der Waals surface area contributed by atoms with Gasteiger partial charge in [0.2, 0.25) is 5.56 Å². The van der Waals surface area contributed by atoms with Crippen molar-refractivity contribution in [3.63, 3.8) is 0 Å². The molecule has 0 atom stereocenters. The first-order valence-corrected chi connectivity index (χ1v) is 5.78. The van der Waals surface area contributed by atoms with Crippen LogP contribution in [0.4, 0.5) is 0 Å². The summed E-state index contributed by atoms with van der Waals surface area (Å²) in [6.45, 7) is 2.05. The van der Waals surface area contributed by atoms with Crippen LogP contribution in [0.2, 0.25) is 0 Å². The van der Waals surface area contributed by atoms with Gasteiger partial charge in [-0.05, 0) is 48.2 Å². The van der Waals surface area contributed by atoms with E-state index in [2.05, 4.69) is 9.97 Å². The quantitative estimate of drug-likeness (QED) is 0.706. The van der Waals surface area contributed by atoms with Crippen molar-refractivity contribution in [3.05, 3.63) is 64.6 Å². The molecular formula is C15H12N2O. The number of nitrogens with one attached hydrogen (secondary N) is 1. The van der Waals surface area contributed by atoms with Gasteiger partial charge in [-0.1, -0.05) is 6.07 Å². The van der Waals surface area contributed by atoms with E-state index < -0.39 is 0 Å². The summed E-state index contributed by atoms with van der Waals surface area (Å²) < 4.78 is 0. The largest absolute Gasteiger partial charge is 0.322 e. The molecule has 0 aliphatic heterocycles. The molecule has 1 aromatic carbocycles. The van der Waals surface area contributed by atoms with E-state index in [0.29, 0.717) is 0 Å². The predicted molar refractivity (Wildman–Crippen MR) is 72.5 cm³/mol. The standard InChI is InChI=1S/C15H12N2O/c1-10-6-7-16-14(8-10)12-2-4-13-11(9-12)3-5-15(18)17-13/h2-9H,1H3,(H,17,18). The van der Waals surface area contributed by atoms with Crippen LogP contribution >= 0.6 is 0 Å². The summed E-state index contributed by atoms with van der Waals surface area (Å²) in [6.07, 6.45) is 1.81. The zero-order chi connectivity index (χ0) is 12.5. The molecule has 3 aromatic rings. The molecule has 0 saturated heterocycles. The first-order valence-electron chi connectivity index (χ1n) is 5.78. The number of pyridine rings is 2. The second-order valence-corrected chi connectivity index (χ2v) is 4.34. The smallest absolute Gasteiger partial charge is 0.248 e. The summed E-state index contributed by atoms with van der Waals surface area (Å²) >= 11 is 0. The van der Waals surface area contributed by atoms with Gasteiger partial charge in [0.1, 0.15) is 0 Å². The number of hydrogen-bond acceptors (Lipinski definition) is 2. The second kappa shape index (κ2) is 4.11. The number of rotatable bonds is 1. The van der Waals surface area contributed by atoms with Gasteiger partial charge >= 0.3 is 0 Å². The van der Waals surface area contributed by atoms with Crippen LogP contribution in [0.5, 0.6) is 0 Å². The molecule has 0 amide bonds. The fourth-order valence-electron chi connectivity index (χ4n) is 2.01. The van der Waals surface area contributed by atoms with E-state index in [-0.39, 0.29) is 5.56 Å². The molecule has 1 N–H and O–H groups in total. The highest BCUT2D eigenvalue weighted by atomic mass is 16.1. The highest BCUT2D eigenvalue weighted by Gasteiger charge is 2.01. The van der Waals surface area contributed by atoms with Gasteiger partial charge in [-0.25, -0.2) is 0 Å². The third-order valence-corrected chi connectivity index (χ3v) is 2.93. The number of hydrogen-bond donors (Lipinski definition) is 1. The molecule has 3 nitrogen and oxygen atoms in total. The Balaban J connectivity index is 2.19. The van der Waals surface area contributed by atoms with Crippen molar-refractivity contribution >= 4 is 10.9 Å². The average molecular weight is 236 g/mol. The molecule has 0 radical (unpaired) electrons. The molecule has 3 rings (SSSR count). The van der Waals surface area contributed by atoms with E-state index in [1.807, 2.05) is 49.5 Å². The first-order chi connectivity index (χ1) is 8.72. The summed E-state index contributed by atoms with van der Waals surface area (Å²) in [4.78, 5) is 18.4. The Labute approximate surface area is 104 Å². The summed E-state index contributed by atoms with van der Waals surface area (Å²) in [5.41, 5.74) is 3.95. The van der Waals surface area contributed by atoms with Crippen molar-refractivity contribution < 1.29 is 0 Å². The normalized spacial score (nSPS) is 10.7. The Bertz CT molecular complexity index is 775. The van der Waals surface area contributed by atoms with Gasteiger partial charge in [-0.3, -0.25) is 9.78 Å². The maximum Gasteiger partial charge on any atom is 0.248 e. The van der Waals surface area contributed by atoms with Crippen molar-refractivity contribution in [2.24, 2.45) is 0 Å². The second-order valence-electron chi connectivity index (χ2n) is 4.34. The molecule has 2 aromatic heterocycles. The molecule has 3 heteroatoms. The Morgan fingerprint density at radius 2 is 1.94 bits per heavy atom. The lowest BCUT2D eigenvalue weighted by Gasteiger charge is -2.04. The highest BCUT2D eigenvalue weighted by molar-refractivity contribution is 5.83. The first kappa shape index (κ1) is 10.7. The van der Waals surface area contributed by atoms with Crippen LogP contribution < -0.4 is 5.56 Å². The van der Waals surface area contributed by atoms with Crippen LogP contribution in [0.15, 0.2) is 53.5 Å². The zero-order valence-electron chi connectivity index (χ0n) is 9.97. The average Bonchev–Trinajstić information content (AvgIpc) is 2.38. The number of fused-ring (bicyclic) bond motifs is 1. The molecule has 88 valence electrons. The fourth-order valence-corrected chi connectivity index (χ4v) is 2.01. The van der Waals surface area contributed by atoms with E-state index in [9.17, 15) is 4.79 Å². The van der Waals surface area contributed by atoms with E-state index >= 15 is 0 Å². The highest BCUT2D eigenvalue weighted by Crippen LogP contribution is 2.21. The molecule has 18 heavy (non-hydrogen) atoms. The van der Waals surface area contributed by atoms with Crippen LogP contribution in [0, 0.1) is 6.92 Å². The van der Waals surface area contributed by atoms with E-state index in [1.54, 1.807) is 0 Å². The maximum atomic E-state index is 11.2. The van der Waals surface area contributed by atoms with E-state index in [4.69, 9.17) is 0 Å². The van der Waals surface area contributed by atoms with Crippen molar-refractivity contribution in [1.82, 2.24) is 9.97 Å². The van der Waals surface area contributed by atoms with Gasteiger partial charge in [-0.15, -0.1) is 0 Å². The van der Waals surface area contributed by atoms with Gasteiger partial charge in [-0.2, -0.15) is 0 Å². The summed E-state index contributed by atoms with van der Waals surface area (Å²) in [6, 6.07) is 13.3. The third-order valence-electron chi connectivity index (χ3n) is 2.93. The SMILES string of the molecule is Cc1ccnc(-c2ccc3[nH]c(=O)ccc3c2)c1. The van der Waals surface area contributed by atoms with Crippen LogP contribution in [-0.4, -0.2) is 9.97 Å². The third kappa shape index (κ3) is 1.91. The molecule has 0 unspecified atom stereocenters. The number of H-pyrrole nitrogens is 1. The minimum Gasteiger partial charge on any atom is -0.322 e. The molecule has 0 saturated carbocycles. The summed E-state index contributed by atoms with van der Waals surface area (Å²) in [5.74, 6) is 0. The lowest BCUT2D eigenvalue weighted by molar-refractivity contribution is 1.28. The van der Waals surface area contributed by atoms with Crippen molar-refractivity contribution in [2.75, 3.05) is 0 Å². The monoisotopic (exact) mass is 236 g/mol. The molecule has 0 aliphatic rings. The van der Waals surface area contributed by atoms with Crippen LogP contribution in [0.3, 0.4) is 0 Å². The van der Waals surface area contributed by atoms with Crippen molar-refractivity contribution in [1.29, 1.82) is 0 Å². The summed E-state index contributed by atoms with van der Waals surface area (Å²) in [5, 5.41) is 1.01. The number of nitrogens with zero attached hydrogens (tertiary/aromatic N) is 1. The van der Waals surface area contributed by atoms with Gasteiger partial charge in [0.05, 0.1) is 5.69 Å². The van der Waals surface area contributed by atoms with Crippen LogP contribution in [0.1, 0.15) is 5.56 Å². The minimum atomic E-state index is -0.0797. The Kier molecular flexibility index (Phi) is 2.45. The molecule has 2 heterocycles. The van der Waals surface area contributed by atoms with Gasteiger partial charge in [0.15, 0.2) is 0 Å². The van der Waals surface area contributed by atoms with Crippen molar-refractivity contribution in [2.45, 2.75) is 6.92 Å². The molecule has 0 bridgehead atoms. The van der Waals surface area contributed by atoms with Gasteiger partial charge in [0, 0.05) is 23.3 Å². The zero-order valence-corrected chi connectivity index (χ0v) is 9.97. The Morgan fingerprint density at radius 1 is 1.06 bits per heavy atom. The molecular weight excluding hydrogens is 224 g/mol. The lowest BCUT2D eigenvalue weighted by Crippen LogP contribution is -2.02. The van der Waals surface area contributed by atoms with Gasteiger partial charge < -0.3 is 4.98 Å². The van der Waals surface area contributed by atoms with E-state index in [1.165, 1.54) is 11.6 Å². The Hall–Kier alpha value is -2.42. The fraction of sp³-hybridized carbons (Fsp3) is 0.0667. The summed E-state index contributed by atoms with van der Waals surface area (Å²) in [7, 11) is 0. The molecule has 0 aliphatic carbocycles. The predicted octanol–water partition coefficient (Wildman–Crippen LogP) is 2.90. The number of aryl methyl sites for hydroxylation is 1. The van der Waals surface area contributed by atoms with Crippen LogP contribution in [-0.2, 0) is 0 Å². The molecule has 0 fully saturated rings.